The molecule has 2 fully saturated rings. The maximum Gasteiger partial charge on any atom is 0.0685 e. The molecule has 1 spiro atoms. The van der Waals surface area contributed by atoms with Crippen molar-refractivity contribution in [1.29, 1.82) is 0 Å². The van der Waals surface area contributed by atoms with Gasteiger partial charge in [0.2, 0.25) is 0 Å². The summed E-state index contributed by atoms with van der Waals surface area (Å²) in [6.07, 6.45) is 7.59. The Morgan fingerprint density at radius 1 is 1.35 bits per heavy atom. The molecule has 2 aliphatic rings. The van der Waals surface area contributed by atoms with Crippen LogP contribution in [0.3, 0.4) is 0 Å². The third-order valence-electron chi connectivity index (χ3n) is 5.80. The van der Waals surface area contributed by atoms with Crippen LogP contribution in [0.2, 0.25) is 0 Å². The number of likely N-dealkylation sites (N-methyl/N-ethyl adjacent to an activating group) is 1. The summed E-state index contributed by atoms with van der Waals surface area (Å²) >= 11 is 0. The number of hydrogen-bond donors (Lipinski definition) is 1. The first-order valence-corrected chi connectivity index (χ1v) is 8.46. The standard InChI is InChI=1S/C17H34N2O/c1-6-11-18-15(16(2,3)19(4)5)14-8-12-20-17(13-14)9-7-10-17/h14-15,18H,6-13H2,1-5H3. The van der Waals surface area contributed by atoms with E-state index in [2.05, 4.69) is 45.1 Å². The summed E-state index contributed by atoms with van der Waals surface area (Å²) in [7, 11) is 4.41. The predicted octanol–water partition coefficient (Wildman–Crippen LogP) is 3.04. The van der Waals surface area contributed by atoms with E-state index in [1.54, 1.807) is 0 Å². The third-order valence-corrected chi connectivity index (χ3v) is 5.80. The van der Waals surface area contributed by atoms with Crippen molar-refractivity contribution in [3.8, 4) is 0 Å². The van der Waals surface area contributed by atoms with Gasteiger partial charge in [0.05, 0.1) is 5.60 Å². The Morgan fingerprint density at radius 2 is 2.05 bits per heavy atom. The molecule has 0 aromatic heterocycles. The molecule has 0 amide bonds. The van der Waals surface area contributed by atoms with E-state index in [0.29, 0.717) is 6.04 Å². The average Bonchev–Trinajstić information content (AvgIpc) is 2.37. The van der Waals surface area contributed by atoms with Gasteiger partial charge in [-0.05, 0) is 78.9 Å². The number of rotatable bonds is 6. The molecule has 3 nitrogen and oxygen atoms in total. The minimum absolute atomic E-state index is 0.183. The molecule has 1 heterocycles. The van der Waals surface area contributed by atoms with Gasteiger partial charge < -0.3 is 15.0 Å². The van der Waals surface area contributed by atoms with E-state index < -0.39 is 0 Å². The molecule has 20 heavy (non-hydrogen) atoms. The topological polar surface area (TPSA) is 24.5 Å². The maximum absolute atomic E-state index is 6.12. The van der Waals surface area contributed by atoms with Crippen molar-refractivity contribution in [3.63, 3.8) is 0 Å². The SMILES string of the molecule is CCCNC(C1CCOC2(CCC2)C1)C(C)(C)N(C)C. The van der Waals surface area contributed by atoms with Gasteiger partial charge in [0, 0.05) is 18.2 Å². The van der Waals surface area contributed by atoms with Crippen LogP contribution in [0, 0.1) is 5.92 Å². The smallest absolute Gasteiger partial charge is 0.0685 e. The Balaban J connectivity index is 2.09. The molecule has 0 bridgehead atoms. The Bertz CT molecular complexity index is 310. The summed E-state index contributed by atoms with van der Waals surface area (Å²) in [6, 6.07) is 0.554. The van der Waals surface area contributed by atoms with Gasteiger partial charge >= 0.3 is 0 Å². The first kappa shape index (κ1) is 16.3. The molecule has 2 rings (SSSR count). The molecule has 2 atom stereocenters. The summed E-state index contributed by atoms with van der Waals surface area (Å²) in [6.45, 7) is 9.08. The van der Waals surface area contributed by atoms with Crippen LogP contribution >= 0.6 is 0 Å². The van der Waals surface area contributed by atoms with Gasteiger partial charge in [0.15, 0.2) is 0 Å². The Hall–Kier alpha value is -0.120. The summed E-state index contributed by atoms with van der Waals surface area (Å²) in [5.74, 6) is 0.744. The molecule has 1 N–H and O–H groups in total. The molecule has 0 aromatic carbocycles. The molecule has 1 aliphatic heterocycles. The monoisotopic (exact) mass is 282 g/mol. The molecule has 0 aromatic rings. The lowest BCUT2D eigenvalue weighted by Crippen LogP contribution is -2.61. The zero-order chi connectivity index (χ0) is 14.8. The van der Waals surface area contributed by atoms with Gasteiger partial charge in [-0.2, -0.15) is 0 Å². The van der Waals surface area contributed by atoms with Crippen LogP contribution in [-0.4, -0.2) is 49.3 Å². The first-order chi connectivity index (χ1) is 9.41. The van der Waals surface area contributed by atoms with Crippen LogP contribution in [0.4, 0.5) is 0 Å². The fourth-order valence-corrected chi connectivity index (χ4v) is 3.84. The molecule has 118 valence electrons. The lowest BCUT2D eigenvalue weighted by molar-refractivity contribution is -0.151. The zero-order valence-corrected chi connectivity index (χ0v) is 14.2. The number of hydrogen-bond acceptors (Lipinski definition) is 3. The fourth-order valence-electron chi connectivity index (χ4n) is 3.84. The van der Waals surface area contributed by atoms with E-state index in [1.807, 2.05) is 0 Å². The highest BCUT2D eigenvalue weighted by Crippen LogP contribution is 2.46. The van der Waals surface area contributed by atoms with Crippen molar-refractivity contribution in [2.45, 2.75) is 76.5 Å². The van der Waals surface area contributed by atoms with Crippen LogP contribution < -0.4 is 5.32 Å². The van der Waals surface area contributed by atoms with E-state index in [4.69, 9.17) is 4.74 Å². The number of nitrogens with one attached hydrogen (secondary N) is 1. The third kappa shape index (κ3) is 3.20. The summed E-state index contributed by atoms with van der Waals surface area (Å²) in [4.78, 5) is 2.38. The Labute approximate surface area is 125 Å². The lowest BCUT2D eigenvalue weighted by Gasteiger charge is -2.52. The van der Waals surface area contributed by atoms with Crippen molar-refractivity contribution in [2.24, 2.45) is 5.92 Å². The second-order valence-electron chi connectivity index (χ2n) is 7.62. The van der Waals surface area contributed by atoms with Crippen LogP contribution in [0.5, 0.6) is 0 Å². The summed E-state index contributed by atoms with van der Waals surface area (Å²) < 4.78 is 6.12. The molecule has 2 unspecified atom stereocenters. The van der Waals surface area contributed by atoms with Crippen molar-refractivity contribution >= 4 is 0 Å². The normalized spacial score (nSPS) is 27.6. The van der Waals surface area contributed by atoms with Gasteiger partial charge in [-0.25, -0.2) is 0 Å². The molecular weight excluding hydrogens is 248 g/mol. The van der Waals surface area contributed by atoms with Crippen LogP contribution in [0.25, 0.3) is 0 Å². The predicted molar refractivity (Wildman–Crippen MR) is 85.1 cm³/mol. The zero-order valence-electron chi connectivity index (χ0n) is 14.2. The molecule has 1 saturated carbocycles. The van der Waals surface area contributed by atoms with Crippen molar-refractivity contribution < 1.29 is 4.74 Å². The van der Waals surface area contributed by atoms with Gasteiger partial charge in [-0.3, -0.25) is 0 Å². The maximum atomic E-state index is 6.12. The highest BCUT2D eigenvalue weighted by molar-refractivity contribution is 5.02. The molecule has 1 saturated heterocycles. The van der Waals surface area contributed by atoms with Gasteiger partial charge in [-0.15, -0.1) is 0 Å². The Kier molecular flexibility index (Phi) is 5.14. The van der Waals surface area contributed by atoms with E-state index in [-0.39, 0.29) is 11.1 Å². The van der Waals surface area contributed by atoms with E-state index in [1.165, 1.54) is 38.5 Å². The van der Waals surface area contributed by atoms with Crippen LogP contribution in [0.1, 0.15) is 59.3 Å². The minimum Gasteiger partial charge on any atom is -0.375 e. The molecule has 1 aliphatic carbocycles. The Morgan fingerprint density at radius 3 is 2.55 bits per heavy atom. The number of nitrogens with zero attached hydrogens (tertiary/aromatic N) is 1. The van der Waals surface area contributed by atoms with Gasteiger partial charge in [0.1, 0.15) is 0 Å². The molecular formula is C17H34N2O. The highest BCUT2D eigenvalue weighted by atomic mass is 16.5. The van der Waals surface area contributed by atoms with Crippen LogP contribution in [0.15, 0.2) is 0 Å². The van der Waals surface area contributed by atoms with Crippen molar-refractivity contribution in [3.05, 3.63) is 0 Å². The number of ether oxygens (including phenoxy) is 1. The largest absolute Gasteiger partial charge is 0.375 e. The van der Waals surface area contributed by atoms with Crippen molar-refractivity contribution in [2.75, 3.05) is 27.2 Å². The quantitative estimate of drug-likeness (QED) is 0.810. The summed E-state index contributed by atoms with van der Waals surface area (Å²) in [5.41, 5.74) is 0.430. The van der Waals surface area contributed by atoms with E-state index in [0.717, 1.165) is 19.1 Å². The summed E-state index contributed by atoms with van der Waals surface area (Å²) in [5, 5.41) is 3.85. The average molecular weight is 282 g/mol. The van der Waals surface area contributed by atoms with Crippen molar-refractivity contribution in [1.82, 2.24) is 10.2 Å². The minimum atomic E-state index is 0.183. The van der Waals surface area contributed by atoms with E-state index in [9.17, 15) is 0 Å². The molecule has 0 radical (unpaired) electrons. The fraction of sp³-hybridized carbons (Fsp3) is 1.00. The second-order valence-corrected chi connectivity index (χ2v) is 7.62. The lowest BCUT2D eigenvalue weighted by atomic mass is 9.68. The van der Waals surface area contributed by atoms with E-state index >= 15 is 0 Å². The van der Waals surface area contributed by atoms with Crippen LogP contribution in [-0.2, 0) is 4.74 Å². The second kappa shape index (κ2) is 6.33. The first-order valence-electron chi connectivity index (χ1n) is 8.46. The highest BCUT2D eigenvalue weighted by Gasteiger charge is 2.47. The molecule has 3 heteroatoms. The van der Waals surface area contributed by atoms with Gasteiger partial charge in [0.25, 0.3) is 0 Å². The van der Waals surface area contributed by atoms with Gasteiger partial charge in [-0.1, -0.05) is 6.92 Å².